The minimum Gasteiger partial charge on any atom is -0.451 e. The first-order valence-corrected chi connectivity index (χ1v) is 26.9. The molecule has 0 aliphatic carbocycles. The van der Waals surface area contributed by atoms with Crippen LogP contribution in [0.4, 0.5) is 0 Å². The molecule has 0 saturated carbocycles. The van der Waals surface area contributed by atoms with Gasteiger partial charge in [-0.1, -0.05) is 125 Å². The van der Waals surface area contributed by atoms with E-state index in [4.69, 9.17) is 28.4 Å². The summed E-state index contributed by atoms with van der Waals surface area (Å²) in [5, 5.41) is 15.1. The van der Waals surface area contributed by atoms with E-state index in [0.29, 0.717) is 0 Å². The summed E-state index contributed by atoms with van der Waals surface area (Å²) >= 11 is 0. The van der Waals surface area contributed by atoms with E-state index in [9.17, 15) is 57.5 Å². The maximum atomic E-state index is 13.9. The van der Waals surface area contributed by atoms with Crippen LogP contribution in [-0.2, 0) is 86.0 Å². The summed E-state index contributed by atoms with van der Waals surface area (Å²) in [5.74, 6) is -17.8. The van der Waals surface area contributed by atoms with Crippen LogP contribution in [0.1, 0.15) is 145 Å². The predicted octanol–water partition coefficient (Wildman–Crippen LogP) is 2.34. The Balaban J connectivity index is 3.87. The van der Waals surface area contributed by atoms with E-state index in [2.05, 4.69) is 31.9 Å². The summed E-state index contributed by atoms with van der Waals surface area (Å²) in [4.78, 5) is 165. The van der Waals surface area contributed by atoms with Gasteiger partial charge in [-0.15, -0.1) is 0 Å². The van der Waals surface area contributed by atoms with Crippen LogP contribution in [0.2, 0.25) is 0 Å². The summed E-state index contributed by atoms with van der Waals surface area (Å²) < 4.78 is 33.5. The van der Waals surface area contributed by atoms with E-state index < -0.39 is 197 Å². The lowest BCUT2D eigenvalue weighted by Crippen LogP contribution is -2.56. The van der Waals surface area contributed by atoms with Crippen LogP contribution in [0.5, 0.6) is 0 Å². The molecule has 0 aromatic heterocycles. The molecule has 0 spiro atoms. The van der Waals surface area contributed by atoms with E-state index in [1.54, 1.807) is 125 Å². The lowest BCUT2D eigenvalue weighted by molar-refractivity contribution is -0.167. The molecule has 444 valence electrons. The van der Waals surface area contributed by atoms with Gasteiger partial charge in [0.2, 0.25) is 0 Å². The van der Waals surface area contributed by atoms with Crippen LogP contribution in [0.25, 0.3) is 0 Å². The van der Waals surface area contributed by atoms with E-state index >= 15 is 0 Å². The molecule has 78 heavy (non-hydrogen) atoms. The van der Waals surface area contributed by atoms with Gasteiger partial charge in [0.1, 0.15) is 36.3 Å². The number of ether oxygens (including phenoxy) is 6. The number of hydrogen-bond donors (Lipinski definition) is 6. The molecule has 0 bridgehead atoms. The smallest absolute Gasteiger partial charge is 0.329 e. The van der Waals surface area contributed by atoms with E-state index in [1.807, 2.05) is 0 Å². The molecule has 1 aliphatic heterocycles. The quantitative estimate of drug-likeness (QED) is 0.143. The molecule has 24 heteroatoms. The van der Waals surface area contributed by atoms with Crippen molar-refractivity contribution in [1.82, 2.24) is 31.9 Å². The van der Waals surface area contributed by atoms with Gasteiger partial charge in [0.05, 0.1) is 0 Å². The maximum absolute atomic E-state index is 13.9. The second kappa shape index (κ2) is 31.3. The van der Waals surface area contributed by atoms with Crippen molar-refractivity contribution in [3.05, 3.63) is 0 Å². The zero-order chi connectivity index (χ0) is 60.5. The Kier molecular flexibility index (Phi) is 27.9. The molecule has 5 unspecified atom stereocenters. The second-order valence-corrected chi connectivity index (χ2v) is 22.9. The number of carbonyl (C=O) groups is 12. The monoisotopic (exact) mass is 1110 g/mol. The molecule has 0 aromatic rings. The minimum atomic E-state index is -1.55. The van der Waals surface area contributed by atoms with E-state index in [1.165, 1.54) is 20.8 Å². The summed E-state index contributed by atoms with van der Waals surface area (Å²) in [6.07, 6.45) is -9.25. The second-order valence-electron chi connectivity index (χ2n) is 22.9. The zero-order valence-electron chi connectivity index (χ0n) is 49.5. The predicted molar refractivity (Wildman–Crippen MR) is 281 cm³/mol. The van der Waals surface area contributed by atoms with Gasteiger partial charge in [-0.25, -0.2) is 28.8 Å². The molecule has 0 radical (unpaired) electrons. The van der Waals surface area contributed by atoms with E-state index in [0.717, 1.165) is 0 Å². The molecule has 1 rings (SSSR count). The normalized spacial score (nSPS) is 28.8. The molecule has 1 fully saturated rings. The van der Waals surface area contributed by atoms with Gasteiger partial charge in [-0.2, -0.15) is 0 Å². The average molecular weight is 1110 g/mol. The number of esters is 6. The first-order valence-electron chi connectivity index (χ1n) is 26.9. The molecular weight excluding hydrogens is 1020 g/mol. The van der Waals surface area contributed by atoms with Crippen molar-refractivity contribution >= 4 is 71.3 Å². The third-order valence-corrected chi connectivity index (χ3v) is 12.6. The zero-order valence-corrected chi connectivity index (χ0v) is 49.5. The Morgan fingerprint density at radius 2 is 0.372 bits per heavy atom. The number of rotatable bonds is 9. The van der Waals surface area contributed by atoms with Crippen LogP contribution in [-0.4, -0.2) is 144 Å². The van der Waals surface area contributed by atoms with E-state index in [-0.39, 0.29) is 0 Å². The first-order chi connectivity index (χ1) is 35.9. The van der Waals surface area contributed by atoms with Crippen molar-refractivity contribution < 1.29 is 86.0 Å². The third-order valence-electron chi connectivity index (χ3n) is 12.6. The number of hydrogen-bond acceptors (Lipinski definition) is 18. The molecular formula is C54H90N6O18. The molecule has 1 saturated heterocycles. The largest absolute Gasteiger partial charge is 0.451 e. The molecule has 12 atom stereocenters. The lowest BCUT2D eigenvalue weighted by atomic mass is 10.0. The fourth-order valence-corrected chi connectivity index (χ4v) is 7.48. The Labute approximate surface area is 459 Å². The van der Waals surface area contributed by atoms with Gasteiger partial charge in [0, 0.05) is 0 Å². The van der Waals surface area contributed by atoms with Gasteiger partial charge >= 0.3 is 35.8 Å². The van der Waals surface area contributed by atoms with Crippen LogP contribution in [0.3, 0.4) is 0 Å². The number of cyclic esters (lactones) is 6. The lowest BCUT2D eigenvalue weighted by Gasteiger charge is -2.30. The molecule has 1 heterocycles. The van der Waals surface area contributed by atoms with Crippen molar-refractivity contribution in [3.63, 3.8) is 0 Å². The molecule has 6 amide bonds. The van der Waals surface area contributed by atoms with Crippen LogP contribution in [0, 0.1) is 53.3 Å². The van der Waals surface area contributed by atoms with Crippen molar-refractivity contribution in [2.24, 2.45) is 53.3 Å². The summed E-state index contributed by atoms with van der Waals surface area (Å²) in [6.45, 7) is 32.1. The molecule has 24 nitrogen and oxygen atoms in total. The highest BCUT2D eigenvalue weighted by Crippen LogP contribution is 2.19. The van der Waals surface area contributed by atoms with Crippen molar-refractivity contribution in [3.8, 4) is 0 Å². The van der Waals surface area contributed by atoms with Crippen molar-refractivity contribution in [1.29, 1.82) is 0 Å². The standard InChI is InChI=1S/C54H90N6O18/c1-22(2)34-49(67)73-31(19)43(61)55-38(26(9)10)53(71)77-41(29(15)16)47(65)59-36(24(5)6)51(69)75-33(21)45(63)57-39(27(11)12)54(72)78-42(30(17)18)48(66)60-35(23(3)4)50(68)74-32(20)44(62)56-37(25(7)8)52(70)76-40(28(13)14)46(64)58-34/h22-42H,1-21H3,(H,55,61)(H,56,62)(H,57,63)(H,58,64)(H,59,65)(H,60,66)/t31-,32-,33-,34+,35+,36?,37?,38?,39?,40+,41?,42+/m0/s1. The first kappa shape index (κ1) is 69.7. The molecule has 6 N–H and O–H groups in total. The molecule has 1 aliphatic rings. The summed E-state index contributed by atoms with van der Waals surface area (Å²) in [5.41, 5.74) is 0. The van der Waals surface area contributed by atoms with Gasteiger partial charge in [0.15, 0.2) is 36.6 Å². The minimum absolute atomic E-state index is 0.647. The summed E-state index contributed by atoms with van der Waals surface area (Å²) in [6, 6.07) is -8.38. The fraction of sp³-hybridized carbons (Fsp3) is 0.778. The number of nitrogens with one attached hydrogen (secondary N) is 6. The van der Waals surface area contributed by atoms with Crippen LogP contribution in [0.15, 0.2) is 0 Å². The highest BCUT2D eigenvalue weighted by molar-refractivity contribution is 5.96. The van der Waals surface area contributed by atoms with Crippen LogP contribution < -0.4 is 31.9 Å². The third kappa shape index (κ3) is 20.8. The highest BCUT2D eigenvalue weighted by Gasteiger charge is 2.42. The Hall–Kier alpha value is -6.36. The average Bonchev–Trinajstić information content (AvgIpc) is 3.31. The number of amides is 6. The maximum Gasteiger partial charge on any atom is 0.329 e. The van der Waals surface area contributed by atoms with Gasteiger partial charge in [-0.05, 0) is 74.0 Å². The Bertz CT molecular complexity index is 1890. The topological polar surface area (TPSA) is 332 Å². The Morgan fingerprint density at radius 3 is 0.513 bits per heavy atom. The van der Waals surface area contributed by atoms with Crippen molar-refractivity contribution in [2.45, 2.75) is 218 Å². The number of carbonyl (C=O) groups excluding carboxylic acids is 12. The van der Waals surface area contributed by atoms with Gasteiger partial charge in [-0.3, -0.25) is 28.8 Å². The fourth-order valence-electron chi connectivity index (χ4n) is 7.48. The van der Waals surface area contributed by atoms with Gasteiger partial charge in [0.25, 0.3) is 35.4 Å². The Morgan fingerprint density at radius 1 is 0.231 bits per heavy atom. The van der Waals surface area contributed by atoms with Gasteiger partial charge < -0.3 is 60.3 Å². The molecule has 0 aromatic carbocycles. The summed E-state index contributed by atoms with van der Waals surface area (Å²) in [7, 11) is 0. The SMILES string of the molecule is CC(C)C1NC(=O)[C@H](C)OC(=O)[C@@H](C(C)C)NC(=O)[C@@H](C(C)C)OC(=O)C(C(C)C)NC(=O)[C@H](C)OC(=O)[C@@H](C(C)C)NC(=O)[C@@H](C(C)C)OC(=O)C(C(C)C)NC(=O)[C@H](C)OC(=O)C(C(C)C)NC(=O)C(C(C)C)OC1=O. The van der Waals surface area contributed by atoms with Crippen molar-refractivity contribution in [2.75, 3.05) is 0 Å². The highest BCUT2D eigenvalue weighted by atomic mass is 16.6. The van der Waals surface area contributed by atoms with Crippen LogP contribution >= 0.6 is 0 Å².